The highest BCUT2D eigenvalue weighted by Gasteiger charge is 2.16. The van der Waals surface area contributed by atoms with Crippen molar-refractivity contribution >= 4 is 17.7 Å². The summed E-state index contributed by atoms with van der Waals surface area (Å²) in [7, 11) is 5.80. The summed E-state index contributed by atoms with van der Waals surface area (Å²) < 4.78 is 1.97. The smallest absolute Gasteiger partial charge is 0.229 e. The molecule has 26 heavy (non-hydrogen) atoms. The third kappa shape index (κ3) is 3.85. The van der Waals surface area contributed by atoms with Crippen LogP contribution in [0.3, 0.4) is 0 Å². The summed E-state index contributed by atoms with van der Waals surface area (Å²) in [5.74, 6) is 2.46. The van der Waals surface area contributed by atoms with E-state index >= 15 is 0 Å². The van der Waals surface area contributed by atoms with Gasteiger partial charge in [0.05, 0.1) is 0 Å². The van der Waals surface area contributed by atoms with E-state index in [-0.39, 0.29) is 5.92 Å². The van der Waals surface area contributed by atoms with Crippen molar-refractivity contribution in [2.75, 3.05) is 19.0 Å². The Morgan fingerprint density at radius 1 is 1.08 bits per heavy atom. The zero-order chi connectivity index (χ0) is 18.8. The molecule has 2 aromatic heterocycles. The maximum absolute atomic E-state index is 4.58. The molecule has 0 aliphatic carbocycles. The van der Waals surface area contributed by atoms with E-state index in [1.54, 1.807) is 0 Å². The number of hydrogen-bond donors (Lipinski definition) is 0. The number of aromatic nitrogens is 6. The lowest BCUT2D eigenvalue weighted by Gasteiger charge is -2.13. The third-order valence-electron chi connectivity index (χ3n) is 3.83. The maximum Gasteiger partial charge on any atom is 0.229 e. The number of anilines is 1. The largest absolute Gasteiger partial charge is 0.347 e. The predicted octanol–water partition coefficient (Wildman–Crippen LogP) is 3.32. The van der Waals surface area contributed by atoms with Gasteiger partial charge in [0.25, 0.3) is 0 Å². The van der Waals surface area contributed by atoms with Crippen molar-refractivity contribution in [1.82, 2.24) is 29.7 Å². The summed E-state index contributed by atoms with van der Waals surface area (Å²) in [6, 6.07) is 8.23. The van der Waals surface area contributed by atoms with Gasteiger partial charge in [-0.3, -0.25) is 0 Å². The fourth-order valence-electron chi connectivity index (χ4n) is 2.39. The standard InChI is InChI=1S/C18H23N7S/c1-11(2)14-19-16(24(4)5)21-17(20-14)26-18-23-22-15(25(18)6)13-9-7-8-12(3)10-13/h7-11H,1-6H3. The maximum atomic E-state index is 4.58. The van der Waals surface area contributed by atoms with E-state index in [4.69, 9.17) is 0 Å². The lowest BCUT2D eigenvalue weighted by molar-refractivity contribution is 0.712. The number of nitrogens with zero attached hydrogens (tertiary/aromatic N) is 7. The van der Waals surface area contributed by atoms with Crippen LogP contribution in [-0.4, -0.2) is 43.8 Å². The number of hydrogen-bond acceptors (Lipinski definition) is 7. The van der Waals surface area contributed by atoms with Crippen LogP contribution in [0.25, 0.3) is 11.4 Å². The van der Waals surface area contributed by atoms with Crippen molar-refractivity contribution in [2.45, 2.75) is 37.0 Å². The van der Waals surface area contributed by atoms with E-state index in [0.29, 0.717) is 11.1 Å². The normalized spacial score (nSPS) is 11.2. The van der Waals surface area contributed by atoms with Crippen LogP contribution in [0.2, 0.25) is 0 Å². The van der Waals surface area contributed by atoms with Crippen molar-refractivity contribution in [3.05, 3.63) is 35.7 Å². The number of benzene rings is 1. The van der Waals surface area contributed by atoms with E-state index in [9.17, 15) is 0 Å². The number of rotatable bonds is 5. The Balaban J connectivity index is 1.95. The topological polar surface area (TPSA) is 72.6 Å². The molecule has 0 unspecified atom stereocenters. The molecule has 0 aliphatic rings. The molecule has 0 amide bonds. The molecule has 0 spiro atoms. The van der Waals surface area contributed by atoms with Gasteiger partial charge in [0.15, 0.2) is 11.0 Å². The Bertz CT molecular complexity index is 891. The van der Waals surface area contributed by atoms with Gasteiger partial charge in [-0.15, -0.1) is 10.2 Å². The van der Waals surface area contributed by atoms with Crippen molar-refractivity contribution in [2.24, 2.45) is 7.05 Å². The van der Waals surface area contributed by atoms with Gasteiger partial charge >= 0.3 is 0 Å². The van der Waals surface area contributed by atoms with Crippen molar-refractivity contribution in [3.63, 3.8) is 0 Å². The summed E-state index contributed by atoms with van der Waals surface area (Å²) in [5.41, 5.74) is 2.23. The molecule has 3 aromatic rings. The van der Waals surface area contributed by atoms with Crippen LogP contribution in [0.1, 0.15) is 31.2 Å². The SMILES string of the molecule is Cc1cccc(-c2nnc(Sc3nc(C(C)C)nc(N(C)C)n3)n2C)c1. The van der Waals surface area contributed by atoms with Crippen LogP contribution in [0.4, 0.5) is 5.95 Å². The summed E-state index contributed by atoms with van der Waals surface area (Å²) >= 11 is 1.40. The summed E-state index contributed by atoms with van der Waals surface area (Å²) in [6.07, 6.45) is 0. The molecule has 0 atom stereocenters. The Morgan fingerprint density at radius 2 is 1.85 bits per heavy atom. The quantitative estimate of drug-likeness (QED) is 0.683. The molecular weight excluding hydrogens is 346 g/mol. The highest BCUT2D eigenvalue weighted by atomic mass is 32.2. The first-order valence-electron chi connectivity index (χ1n) is 8.42. The molecule has 8 heteroatoms. The van der Waals surface area contributed by atoms with Gasteiger partial charge in [-0.05, 0) is 24.8 Å². The van der Waals surface area contributed by atoms with Crippen LogP contribution in [0.5, 0.6) is 0 Å². The highest BCUT2D eigenvalue weighted by molar-refractivity contribution is 7.99. The second-order valence-electron chi connectivity index (χ2n) is 6.66. The molecule has 3 rings (SSSR count). The first-order chi connectivity index (χ1) is 12.3. The van der Waals surface area contributed by atoms with Crippen LogP contribution in [0.15, 0.2) is 34.6 Å². The average Bonchev–Trinajstić information content (AvgIpc) is 2.95. The molecule has 0 saturated heterocycles. The Morgan fingerprint density at radius 3 is 2.50 bits per heavy atom. The molecule has 0 fully saturated rings. The van der Waals surface area contributed by atoms with Crippen molar-refractivity contribution in [3.8, 4) is 11.4 Å². The van der Waals surface area contributed by atoms with Gasteiger partial charge in [-0.1, -0.05) is 37.6 Å². The fraction of sp³-hybridized carbons (Fsp3) is 0.389. The molecule has 0 N–H and O–H groups in total. The predicted molar refractivity (Wildman–Crippen MR) is 104 cm³/mol. The zero-order valence-electron chi connectivity index (χ0n) is 15.9. The van der Waals surface area contributed by atoms with Gasteiger partial charge < -0.3 is 9.47 Å². The Labute approximate surface area is 157 Å². The average molecular weight is 369 g/mol. The van der Waals surface area contributed by atoms with Gasteiger partial charge in [0.2, 0.25) is 11.1 Å². The first-order valence-corrected chi connectivity index (χ1v) is 9.24. The first kappa shape index (κ1) is 18.3. The molecule has 1 aromatic carbocycles. The lowest BCUT2D eigenvalue weighted by atomic mass is 10.1. The molecule has 7 nitrogen and oxygen atoms in total. The van der Waals surface area contributed by atoms with Crippen LogP contribution in [0, 0.1) is 6.92 Å². The van der Waals surface area contributed by atoms with Crippen LogP contribution in [-0.2, 0) is 7.05 Å². The van der Waals surface area contributed by atoms with E-state index in [2.05, 4.69) is 58.1 Å². The van der Waals surface area contributed by atoms with Gasteiger partial charge in [-0.25, -0.2) is 4.98 Å². The van der Waals surface area contributed by atoms with E-state index in [1.807, 2.05) is 42.7 Å². The minimum Gasteiger partial charge on any atom is -0.347 e. The molecular formula is C18H23N7S. The van der Waals surface area contributed by atoms with Gasteiger partial charge in [0.1, 0.15) is 5.82 Å². The molecule has 136 valence electrons. The third-order valence-corrected chi connectivity index (χ3v) is 4.73. The number of aryl methyl sites for hydroxylation is 1. The lowest BCUT2D eigenvalue weighted by Crippen LogP contribution is -2.15. The summed E-state index contributed by atoms with van der Waals surface area (Å²) in [5, 5.41) is 10.0. The monoisotopic (exact) mass is 369 g/mol. The van der Waals surface area contributed by atoms with Crippen molar-refractivity contribution < 1.29 is 0 Å². The Kier molecular flexibility index (Phi) is 5.22. The fourth-order valence-corrected chi connectivity index (χ4v) is 3.12. The van der Waals surface area contributed by atoms with E-state index in [1.165, 1.54) is 17.3 Å². The van der Waals surface area contributed by atoms with E-state index < -0.39 is 0 Å². The highest BCUT2D eigenvalue weighted by Crippen LogP contribution is 2.28. The van der Waals surface area contributed by atoms with E-state index in [0.717, 1.165) is 22.4 Å². The second kappa shape index (κ2) is 7.41. The molecule has 0 bridgehead atoms. The van der Waals surface area contributed by atoms with Crippen LogP contribution < -0.4 is 4.90 Å². The second-order valence-corrected chi connectivity index (χ2v) is 7.60. The molecule has 0 radical (unpaired) electrons. The zero-order valence-corrected chi connectivity index (χ0v) is 16.7. The summed E-state index contributed by atoms with van der Waals surface area (Å²) in [6.45, 7) is 6.21. The van der Waals surface area contributed by atoms with Gasteiger partial charge in [-0.2, -0.15) is 9.97 Å². The Hall–Kier alpha value is -2.48. The van der Waals surface area contributed by atoms with Crippen LogP contribution >= 0.6 is 11.8 Å². The molecule has 0 aliphatic heterocycles. The molecule has 2 heterocycles. The minimum absolute atomic E-state index is 0.221. The molecule has 0 saturated carbocycles. The van der Waals surface area contributed by atoms with Crippen molar-refractivity contribution in [1.29, 1.82) is 0 Å². The summed E-state index contributed by atoms with van der Waals surface area (Å²) in [4.78, 5) is 15.5. The minimum atomic E-state index is 0.221. The van der Waals surface area contributed by atoms with Gasteiger partial charge in [0, 0.05) is 32.6 Å².